The summed E-state index contributed by atoms with van der Waals surface area (Å²) in [5.41, 5.74) is 6.54. The third-order valence-electron chi connectivity index (χ3n) is 2.85. The van der Waals surface area contributed by atoms with Crippen LogP contribution in [0.1, 0.15) is 30.8 Å². The van der Waals surface area contributed by atoms with Crippen LogP contribution >= 0.6 is 0 Å². The molecule has 0 aliphatic heterocycles. The van der Waals surface area contributed by atoms with Crippen molar-refractivity contribution in [2.75, 3.05) is 26.0 Å². The highest BCUT2D eigenvalue weighted by molar-refractivity contribution is 5.91. The first-order valence-electron chi connectivity index (χ1n) is 6.92. The molecule has 1 rings (SSSR count). The first kappa shape index (κ1) is 17.0. The van der Waals surface area contributed by atoms with E-state index in [9.17, 15) is 9.59 Å². The lowest BCUT2D eigenvalue weighted by molar-refractivity contribution is -0.129. The molecule has 0 aliphatic carbocycles. The van der Waals surface area contributed by atoms with E-state index in [0.29, 0.717) is 31.1 Å². The van der Waals surface area contributed by atoms with Crippen molar-refractivity contribution in [1.29, 1.82) is 0 Å². The lowest BCUT2D eigenvalue weighted by atomic mass is 10.3. The van der Waals surface area contributed by atoms with Crippen molar-refractivity contribution < 1.29 is 19.1 Å². The number of nitrogens with two attached hydrogens (primary N) is 1. The van der Waals surface area contributed by atoms with E-state index in [1.807, 2.05) is 6.92 Å². The second-order valence-electron chi connectivity index (χ2n) is 4.68. The third kappa shape index (κ3) is 5.11. The second kappa shape index (κ2) is 8.31. The number of nitrogens with one attached hydrogen (secondary N) is 1. The summed E-state index contributed by atoms with van der Waals surface area (Å²) in [6.07, 6.45) is 1.67. The lowest BCUT2D eigenvalue weighted by Gasteiger charge is -2.14. The number of rotatable bonds is 8. The standard InChI is InChI=1S/C14H23N3O4/c1-4-6-17-9-11(15)8-12(17)14(19)21-10(2)13(18)16-5-7-20-3/h8-10H,4-7,15H2,1-3H3,(H,16,18). The van der Waals surface area contributed by atoms with Crippen LogP contribution in [0.3, 0.4) is 0 Å². The highest BCUT2D eigenvalue weighted by Gasteiger charge is 2.21. The molecule has 1 atom stereocenters. The molecule has 0 aromatic carbocycles. The molecule has 7 heteroatoms. The maximum absolute atomic E-state index is 12.1. The fourth-order valence-electron chi connectivity index (χ4n) is 1.82. The summed E-state index contributed by atoms with van der Waals surface area (Å²) in [6.45, 7) is 4.96. The van der Waals surface area contributed by atoms with Gasteiger partial charge < -0.3 is 25.1 Å². The number of carbonyl (C=O) groups is 2. The Hall–Kier alpha value is -2.02. The first-order chi connectivity index (χ1) is 9.99. The van der Waals surface area contributed by atoms with Gasteiger partial charge in [-0.2, -0.15) is 0 Å². The van der Waals surface area contributed by atoms with Gasteiger partial charge in [-0.1, -0.05) is 6.92 Å². The van der Waals surface area contributed by atoms with Gasteiger partial charge in [0.05, 0.1) is 12.3 Å². The van der Waals surface area contributed by atoms with Gasteiger partial charge in [-0.3, -0.25) is 4.79 Å². The van der Waals surface area contributed by atoms with E-state index in [1.165, 1.54) is 6.92 Å². The monoisotopic (exact) mass is 297 g/mol. The van der Waals surface area contributed by atoms with Gasteiger partial charge in [0.1, 0.15) is 5.69 Å². The Morgan fingerprint density at radius 1 is 1.48 bits per heavy atom. The highest BCUT2D eigenvalue weighted by Crippen LogP contribution is 2.13. The Labute approximate surface area is 124 Å². The van der Waals surface area contributed by atoms with Crippen LogP contribution in [0.5, 0.6) is 0 Å². The number of anilines is 1. The molecule has 0 saturated carbocycles. The lowest BCUT2D eigenvalue weighted by Crippen LogP contribution is -2.37. The van der Waals surface area contributed by atoms with Gasteiger partial charge in [0.25, 0.3) is 5.91 Å². The molecular formula is C14H23N3O4. The van der Waals surface area contributed by atoms with Crippen molar-refractivity contribution in [2.24, 2.45) is 0 Å². The van der Waals surface area contributed by atoms with E-state index in [0.717, 1.165) is 6.42 Å². The molecule has 0 radical (unpaired) electrons. The summed E-state index contributed by atoms with van der Waals surface area (Å²) >= 11 is 0. The number of carbonyl (C=O) groups excluding carboxylic acids is 2. The maximum atomic E-state index is 12.1. The Kier molecular flexibility index (Phi) is 6.74. The normalized spacial score (nSPS) is 12.0. The van der Waals surface area contributed by atoms with Crippen LogP contribution in [0.25, 0.3) is 0 Å². The zero-order valence-corrected chi connectivity index (χ0v) is 12.7. The Morgan fingerprint density at radius 2 is 2.19 bits per heavy atom. The minimum atomic E-state index is -0.874. The number of aryl methyl sites for hydroxylation is 1. The van der Waals surface area contributed by atoms with Crippen molar-refractivity contribution >= 4 is 17.6 Å². The molecule has 1 aromatic heterocycles. The minimum Gasteiger partial charge on any atom is -0.448 e. The van der Waals surface area contributed by atoms with Gasteiger partial charge in [-0.05, 0) is 19.4 Å². The van der Waals surface area contributed by atoms with Gasteiger partial charge in [0, 0.05) is 26.4 Å². The Morgan fingerprint density at radius 3 is 2.81 bits per heavy atom. The van der Waals surface area contributed by atoms with Gasteiger partial charge in [-0.15, -0.1) is 0 Å². The van der Waals surface area contributed by atoms with Crippen LogP contribution in [-0.4, -0.2) is 42.8 Å². The van der Waals surface area contributed by atoms with E-state index >= 15 is 0 Å². The molecule has 0 bridgehead atoms. The molecule has 1 unspecified atom stereocenters. The van der Waals surface area contributed by atoms with E-state index in [1.54, 1.807) is 23.9 Å². The zero-order chi connectivity index (χ0) is 15.8. The molecule has 0 fully saturated rings. The predicted octanol–water partition coefficient (Wildman–Crippen LogP) is 0.788. The number of hydrogen-bond donors (Lipinski definition) is 2. The summed E-state index contributed by atoms with van der Waals surface area (Å²) < 4.78 is 11.7. The quantitative estimate of drug-likeness (QED) is 0.546. The summed E-state index contributed by atoms with van der Waals surface area (Å²) in [5.74, 6) is -0.920. The number of hydrogen-bond acceptors (Lipinski definition) is 5. The molecule has 118 valence electrons. The molecular weight excluding hydrogens is 274 g/mol. The smallest absolute Gasteiger partial charge is 0.355 e. The summed E-state index contributed by atoms with van der Waals surface area (Å²) in [5, 5.41) is 2.61. The Balaban J connectivity index is 2.61. The minimum absolute atomic E-state index is 0.353. The van der Waals surface area contributed by atoms with Crippen LogP contribution in [0, 0.1) is 0 Å². The van der Waals surface area contributed by atoms with Gasteiger partial charge in [0.2, 0.25) is 0 Å². The SMILES string of the molecule is CCCn1cc(N)cc1C(=O)OC(C)C(=O)NCCOC. The maximum Gasteiger partial charge on any atom is 0.355 e. The van der Waals surface area contributed by atoms with Crippen LogP contribution in [0.15, 0.2) is 12.3 Å². The summed E-state index contributed by atoms with van der Waals surface area (Å²) in [6, 6.07) is 1.55. The van der Waals surface area contributed by atoms with E-state index in [4.69, 9.17) is 15.2 Å². The molecule has 3 N–H and O–H groups in total. The largest absolute Gasteiger partial charge is 0.448 e. The number of amides is 1. The first-order valence-corrected chi connectivity index (χ1v) is 6.92. The third-order valence-corrected chi connectivity index (χ3v) is 2.85. The van der Waals surface area contributed by atoms with E-state index in [2.05, 4.69) is 5.32 Å². The van der Waals surface area contributed by atoms with E-state index < -0.39 is 12.1 Å². The number of methoxy groups -OCH3 is 1. The van der Waals surface area contributed by atoms with Crippen molar-refractivity contribution in [2.45, 2.75) is 32.9 Å². The van der Waals surface area contributed by atoms with Crippen LogP contribution in [0.2, 0.25) is 0 Å². The van der Waals surface area contributed by atoms with Crippen molar-refractivity contribution in [3.8, 4) is 0 Å². The van der Waals surface area contributed by atoms with Crippen molar-refractivity contribution in [3.05, 3.63) is 18.0 Å². The molecule has 21 heavy (non-hydrogen) atoms. The fraction of sp³-hybridized carbons (Fsp3) is 0.571. The number of esters is 1. The molecule has 0 aliphatic rings. The fourth-order valence-corrected chi connectivity index (χ4v) is 1.82. The molecule has 7 nitrogen and oxygen atoms in total. The predicted molar refractivity (Wildman–Crippen MR) is 78.9 cm³/mol. The Bertz CT molecular complexity index is 485. The zero-order valence-electron chi connectivity index (χ0n) is 12.7. The van der Waals surface area contributed by atoms with Crippen molar-refractivity contribution in [3.63, 3.8) is 0 Å². The second-order valence-corrected chi connectivity index (χ2v) is 4.68. The summed E-state index contributed by atoms with van der Waals surface area (Å²) in [4.78, 5) is 23.8. The number of nitrogen functional groups attached to an aromatic ring is 1. The van der Waals surface area contributed by atoms with E-state index in [-0.39, 0.29) is 5.91 Å². The van der Waals surface area contributed by atoms with Crippen LogP contribution in [-0.2, 0) is 20.8 Å². The summed E-state index contributed by atoms with van der Waals surface area (Å²) in [7, 11) is 1.54. The molecule has 0 spiro atoms. The molecule has 1 amide bonds. The average molecular weight is 297 g/mol. The van der Waals surface area contributed by atoms with Gasteiger partial charge >= 0.3 is 5.97 Å². The average Bonchev–Trinajstić information content (AvgIpc) is 2.80. The van der Waals surface area contributed by atoms with Crippen LogP contribution in [0.4, 0.5) is 5.69 Å². The number of nitrogens with zero attached hydrogens (tertiary/aromatic N) is 1. The highest BCUT2D eigenvalue weighted by atomic mass is 16.5. The topological polar surface area (TPSA) is 95.6 Å². The molecule has 0 saturated heterocycles. The van der Waals surface area contributed by atoms with Crippen molar-refractivity contribution in [1.82, 2.24) is 9.88 Å². The van der Waals surface area contributed by atoms with Gasteiger partial charge in [0.15, 0.2) is 6.10 Å². The molecule has 1 heterocycles. The number of ether oxygens (including phenoxy) is 2. The number of aromatic nitrogens is 1. The van der Waals surface area contributed by atoms with Crippen LogP contribution < -0.4 is 11.1 Å². The van der Waals surface area contributed by atoms with Gasteiger partial charge in [-0.25, -0.2) is 4.79 Å². The molecule has 1 aromatic rings.